The van der Waals surface area contributed by atoms with Crippen LogP contribution < -0.4 is 10.2 Å². The lowest BCUT2D eigenvalue weighted by molar-refractivity contribution is 0.103. The Hall–Kier alpha value is -2.58. The van der Waals surface area contributed by atoms with Crippen molar-refractivity contribution in [3.05, 3.63) is 40.3 Å². The average molecular weight is 439 g/mol. The number of likely N-dealkylation sites (N-methyl/N-ethyl adjacent to an activating group) is 1. The zero-order chi connectivity index (χ0) is 22.3. The van der Waals surface area contributed by atoms with Gasteiger partial charge in [0, 0.05) is 37.0 Å². The summed E-state index contributed by atoms with van der Waals surface area (Å²) < 4.78 is 0. The molecule has 1 aliphatic heterocycles. The first-order chi connectivity index (χ1) is 14.6. The van der Waals surface area contributed by atoms with Gasteiger partial charge in [-0.2, -0.15) is 0 Å². The van der Waals surface area contributed by atoms with Crippen molar-refractivity contribution >= 4 is 39.0 Å². The molecule has 31 heavy (non-hydrogen) atoms. The van der Waals surface area contributed by atoms with Gasteiger partial charge in [-0.1, -0.05) is 20.8 Å². The molecule has 4 rings (SSSR count). The second-order valence-corrected chi connectivity index (χ2v) is 10.3. The molecule has 1 aliphatic rings. The number of thiophene rings is 1. The molecule has 0 atom stereocenters. The molecule has 1 amide bonds. The minimum Gasteiger partial charge on any atom is -0.354 e. The number of nitrogens with zero attached hydrogens (tertiary/aromatic N) is 5. The number of carbonyl (C=O) groups is 1. The van der Waals surface area contributed by atoms with Crippen LogP contribution in [0.25, 0.3) is 10.2 Å². The molecule has 3 aromatic heterocycles. The number of hydrogen-bond donors (Lipinski definition) is 1. The molecule has 8 heteroatoms. The molecule has 0 aliphatic carbocycles. The van der Waals surface area contributed by atoms with Gasteiger partial charge in [0.15, 0.2) is 0 Å². The number of aryl methyl sites for hydroxylation is 2. The molecule has 3 aromatic rings. The van der Waals surface area contributed by atoms with E-state index in [1.54, 1.807) is 6.20 Å². The summed E-state index contributed by atoms with van der Waals surface area (Å²) >= 11 is 1.43. The van der Waals surface area contributed by atoms with Crippen LogP contribution in [0.5, 0.6) is 0 Å². The summed E-state index contributed by atoms with van der Waals surface area (Å²) in [6.07, 6.45) is 1.73. The van der Waals surface area contributed by atoms with Crippen molar-refractivity contribution in [3.63, 3.8) is 0 Å². The summed E-state index contributed by atoms with van der Waals surface area (Å²) in [7, 11) is 2.14. The second kappa shape index (κ2) is 8.16. The Morgan fingerprint density at radius 1 is 1.10 bits per heavy atom. The Bertz CT molecular complexity index is 1110. The topological polar surface area (TPSA) is 74.2 Å². The van der Waals surface area contributed by atoms with E-state index in [-0.39, 0.29) is 11.3 Å². The van der Waals surface area contributed by atoms with Gasteiger partial charge in [0.2, 0.25) is 0 Å². The Labute approximate surface area is 187 Å². The molecule has 1 N–H and O–H groups in total. The van der Waals surface area contributed by atoms with Gasteiger partial charge >= 0.3 is 0 Å². The molecule has 4 heterocycles. The maximum atomic E-state index is 13.0. The number of amides is 1. The number of rotatable bonds is 3. The zero-order valence-corrected chi connectivity index (χ0v) is 19.9. The Morgan fingerprint density at radius 2 is 1.81 bits per heavy atom. The number of nitrogens with one attached hydrogen (secondary N) is 1. The van der Waals surface area contributed by atoms with Crippen molar-refractivity contribution in [2.24, 2.45) is 0 Å². The molecule has 0 aromatic carbocycles. The van der Waals surface area contributed by atoms with Crippen LogP contribution in [0.15, 0.2) is 18.3 Å². The molecule has 1 fully saturated rings. The summed E-state index contributed by atoms with van der Waals surface area (Å²) in [5, 5.41) is 3.97. The smallest absolute Gasteiger partial charge is 0.266 e. The lowest BCUT2D eigenvalue weighted by atomic mass is 9.95. The molecular weight excluding hydrogens is 408 g/mol. The lowest BCUT2D eigenvalue weighted by Gasteiger charge is -2.33. The number of aromatic nitrogens is 3. The third-order valence-corrected chi connectivity index (χ3v) is 6.87. The molecule has 0 saturated carbocycles. The normalized spacial score (nSPS) is 15.5. The van der Waals surface area contributed by atoms with Gasteiger partial charge < -0.3 is 15.1 Å². The zero-order valence-electron chi connectivity index (χ0n) is 19.1. The summed E-state index contributed by atoms with van der Waals surface area (Å²) in [6.45, 7) is 14.2. The van der Waals surface area contributed by atoms with Gasteiger partial charge in [0.1, 0.15) is 16.5 Å². The first kappa shape index (κ1) is 21.6. The van der Waals surface area contributed by atoms with Crippen molar-refractivity contribution < 1.29 is 4.79 Å². The fourth-order valence-electron chi connectivity index (χ4n) is 3.76. The molecule has 0 unspecified atom stereocenters. The van der Waals surface area contributed by atoms with E-state index in [4.69, 9.17) is 9.97 Å². The van der Waals surface area contributed by atoms with Crippen LogP contribution in [0, 0.1) is 13.8 Å². The van der Waals surface area contributed by atoms with E-state index < -0.39 is 0 Å². The second-order valence-electron chi connectivity index (χ2n) is 9.27. The monoisotopic (exact) mass is 438 g/mol. The standard InChI is InChI=1S/C23H30N6OS/c1-14-18-15(2)25-22(23(3,4)5)27-21(18)31-19(14)20(30)26-16-7-8-17(24-13-16)29-11-9-28(6)10-12-29/h7-8,13H,9-12H2,1-6H3,(H,26,30). The van der Waals surface area contributed by atoms with E-state index in [0.29, 0.717) is 10.6 Å². The van der Waals surface area contributed by atoms with Crippen LogP contribution in [0.2, 0.25) is 0 Å². The van der Waals surface area contributed by atoms with E-state index in [1.165, 1.54) is 11.3 Å². The number of fused-ring (bicyclic) bond motifs is 1. The molecular formula is C23H30N6OS. The lowest BCUT2D eigenvalue weighted by Crippen LogP contribution is -2.44. The van der Waals surface area contributed by atoms with Crippen LogP contribution in [0.1, 0.15) is 47.5 Å². The fourth-order valence-corrected chi connectivity index (χ4v) is 4.89. The maximum absolute atomic E-state index is 13.0. The first-order valence-electron chi connectivity index (χ1n) is 10.6. The number of anilines is 2. The van der Waals surface area contributed by atoms with E-state index >= 15 is 0 Å². The Balaban J connectivity index is 1.54. The van der Waals surface area contributed by atoms with Crippen molar-refractivity contribution in [1.82, 2.24) is 19.9 Å². The fraction of sp³-hybridized carbons (Fsp3) is 0.478. The van der Waals surface area contributed by atoms with Crippen LogP contribution in [0.3, 0.4) is 0 Å². The number of pyridine rings is 1. The SMILES string of the molecule is Cc1nc(C(C)(C)C)nc2sc(C(=O)Nc3ccc(N4CCN(C)CC4)nc3)c(C)c12. The van der Waals surface area contributed by atoms with E-state index in [2.05, 4.69) is 47.9 Å². The predicted octanol–water partition coefficient (Wildman–Crippen LogP) is 4.00. The maximum Gasteiger partial charge on any atom is 0.266 e. The number of carbonyl (C=O) groups excluding carboxylic acids is 1. The summed E-state index contributed by atoms with van der Waals surface area (Å²) in [4.78, 5) is 33.2. The van der Waals surface area contributed by atoms with Crippen LogP contribution in [-0.4, -0.2) is 59.0 Å². The van der Waals surface area contributed by atoms with Gasteiger partial charge in [-0.3, -0.25) is 4.79 Å². The highest BCUT2D eigenvalue weighted by Crippen LogP contribution is 2.33. The average Bonchev–Trinajstić information content (AvgIpc) is 3.06. The van der Waals surface area contributed by atoms with Crippen molar-refractivity contribution in [1.29, 1.82) is 0 Å². The van der Waals surface area contributed by atoms with E-state index in [0.717, 1.165) is 59.3 Å². The minimum absolute atomic E-state index is 0.133. The highest BCUT2D eigenvalue weighted by molar-refractivity contribution is 7.20. The quantitative estimate of drug-likeness (QED) is 0.666. The highest BCUT2D eigenvalue weighted by atomic mass is 32.1. The van der Waals surface area contributed by atoms with Crippen molar-refractivity contribution in [3.8, 4) is 0 Å². The van der Waals surface area contributed by atoms with Crippen LogP contribution in [-0.2, 0) is 5.41 Å². The summed E-state index contributed by atoms with van der Waals surface area (Å²) in [5.41, 5.74) is 2.40. The molecule has 1 saturated heterocycles. The highest BCUT2D eigenvalue weighted by Gasteiger charge is 2.23. The van der Waals surface area contributed by atoms with E-state index in [1.807, 2.05) is 26.0 Å². The van der Waals surface area contributed by atoms with Gasteiger partial charge in [0.25, 0.3) is 5.91 Å². The Kier molecular flexibility index (Phi) is 5.70. The van der Waals surface area contributed by atoms with Gasteiger partial charge in [-0.25, -0.2) is 15.0 Å². The molecule has 0 radical (unpaired) electrons. The van der Waals surface area contributed by atoms with Gasteiger partial charge in [0.05, 0.1) is 22.5 Å². The minimum atomic E-state index is -0.142. The van der Waals surface area contributed by atoms with Gasteiger partial charge in [-0.15, -0.1) is 11.3 Å². The van der Waals surface area contributed by atoms with Crippen molar-refractivity contribution in [2.75, 3.05) is 43.4 Å². The summed E-state index contributed by atoms with van der Waals surface area (Å²) in [5.74, 6) is 1.62. The third kappa shape index (κ3) is 4.41. The number of hydrogen-bond acceptors (Lipinski definition) is 7. The third-order valence-electron chi connectivity index (χ3n) is 5.68. The molecule has 7 nitrogen and oxygen atoms in total. The van der Waals surface area contributed by atoms with Gasteiger partial charge in [-0.05, 0) is 38.6 Å². The first-order valence-corrected chi connectivity index (χ1v) is 11.4. The predicted molar refractivity (Wildman–Crippen MR) is 127 cm³/mol. The van der Waals surface area contributed by atoms with E-state index in [9.17, 15) is 4.79 Å². The van der Waals surface area contributed by atoms with Crippen LogP contribution in [0.4, 0.5) is 11.5 Å². The molecule has 0 bridgehead atoms. The number of piperazine rings is 1. The molecule has 164 valence electrons. The molecule has 0 spiro atoms. The van der Waals surface area contributed by atoms with Crippen LogP contribution >= 0.6 is 11.3 Å². The summed E-state index contributed by atoms with van der Waals surface area (Å²) in [6, 6.07) is 3.90. The Morgan fingerprint density at radius 3 is 2.42 bits per heavy atom. The van der Waals surface area contributed by atoms with Crippen molar-refractivity contribution in [2.45, 2.75) is 40.0 Å². The largest absolute Gasteiger partial charge is 0.354 e.